The van der Waals surface area contributed by atoms with Gasteiger partial charge >= 0.3 is 0 Å². The molecule has 2 rings (SSSR count). The Kier molecular flexibility index (Phi) is 5.58. The fraction of sp³-hybridized carbons (Fsp3) is 0.500. The van der Waals surface area contributed by atoms with E-state index in [1.165, 1.54) is 11.6 Å². The Morgan fingerprint density at radius 2 is 2.15 bits per heavy atom. The van der Waals surface area contributed by atoms with Crippen LogP contribution in [0.5, 0.6) is 0 Å². The second kappa shape index (κ2) is 7.21. The fourth-order valence-electron chi connectivity index (χ4n) is 2.59. The van der Waals surface area contributed by atoms with E-state index in [1.807, 2.05) is 6.07 Å². The van der Waals surface area contributed by atoms with Crippen LogP contribution in [0.1, 0.15) is 25.3 Å². The van der Waals surface area contributed by atoms with Crippen LogP contribution in [0.2, 0.25) is 5.02 Å². The molecule has 0 unspecified atom stereocenters. The lowest BCUT2D eigenvalue weighted by atomic mass is 10.0. The standard InChI is InChI=1S/C16H22ClFN2/c1-12(2)11-20-7-5-14(6-8-20)19-10-13-3-4-15(17)16(18)9-13/h3-4,9,14,19H,1,5-8,10-11H2,2H3. The molecule has 4 heteroatoms. The number of rotatable bonds is 5. The first-order chi connectivity index (χ1) is 9.54. The third-order valence-electron chi connectivity index (χ3n) is 3.66. The zero-order chi connectivity index (χ0) is 14.5. The fourth-order valence-corrected chi connectivity index (χ4v) is 2.71. The van der Waals surface area contributed by atoms with Gasteiger partial charge in [-0.05, 0) is 50.6 Å². The zero-order valence-corrected chi connectivity index (χ0v) is 12.7. The minimum Gasteiger partial charge on any atom is -0.310 e. The van der Waals surface area contributed by atoms with E-state index in [2.05, 4.69) is 23.7 Å². The summed E-state index contributed by atoms with van der Waals surface area (Å²) >= 11 is 5.68. The summed E-state index contributed by atoms with van der Waals surface area (Å²) in [5.41, 5.74) is 2.16. The van der Waals surface area contributed by atoms with Crippen molar-refractivity contribution in [2.45, 2.75) is 32.4 Å². The van der Waals surface area contributed by atoms with E-state index in [9.17, 15) is 4.39 Å². The van der Waals surface area contributed by atoms with Crippen LogP contribution in [0, 0.1) is 5.82 Å². The summed E-state index contributed by atoms with van der Waals surface area (Å²) < 4.78 is 13.3. The third kappa shape index (κ3) is 4.58. The molecule has 0 radical (unpaired) electrons. The molecule has 1 aromatic rings. The normalized spacial score (nSPS) is 17.4. The zero-order valence-electron chi connectivity index (χ0n) is 12.0. The average molecular weight is 297 g/mol. The van der Waals surface area contributed by atoms with Crippen LogP contribution >= 0.6 is 11.6 Å². The molecule has 1 aromatic carbocycles. The molecular weight excluding hydrogens is 275 g/mol. The molecule has 0 aromatic heterocycles. The van der Waals surface area contributed by atoms with Gasteiger partial charge in [0.1, 0.15) is 5.82 Å². The second-order valence-electron chi connectivity index (χ2n) is 5.64. The van der Waals surface area contributed by atoms with Crippen LogP contribution in [0.15, 0.2) is 30.4 Å². The Bertz CT molecular complexity index is 468. The summed E-state index contributed by atoms with van der Waals surface area (Å²) in [7, 11) is 0. The van der Waals surface area contributed by atoms with Gasteiger partial charge in [-0.1, -0.05) is 29.8 Å². The molecule has 110 valence electrons. The lowest BCUT2D eigenvalue weighted by molar-refractivity contribution is 0.211. The molecule has 0 spiro atoms. The van der Waals surface area contributed by atoms with Crippen molar-refractivity contribution in [1.29, 1.82) is 0 Å². The van der Waals surface area contributed by atoms with Crippen molar-refractivity contribution in [3.8, 4) is 0 Å². The number of piperidine rings is 1. The van der Waals surface area contributed by atoms with E-state index >= 15 is 0 Å². The first kappa shape index (κ1) is 15.5. The van der Waals surface area contributed by atoms with E-state index in [0.717, 1.165) is 38.0 Å². The van der Waals surface area contributed by atoms with Gasteiger partial charge in [0, 0.05) is 19.1 Å². The molecule has 1 aliphatic heterocycles. The molecule has 2 nitrogen and oxygen atoms in total. The highest BCUT2D eigenvalue weighted by atomic mass is 35.5. The van der Waals surface area contributed by atoms with Crippen molar-refractivity contribution in [1.82, 2.24) is 10.2 Å². The van der Waals surface area contributed by atoms with Crippen molar-refractivity contribution >= 4 is 11.6 Å². The van der Waals surface area contributed by atoms with Gasteiger partial charge in [-0.3, -0.25) is 4.90 Å². The number of nitrogens with zero attached hydrogens (tertiary/aromatic N) is 1. The van der Waals surface area contributed by atoms with Gasteiger partial charge in [0.05, 0.1) is 5.02 Å². The van der Waals surface area contributed by atoms with E-state index in [0.29, 0.717) is 12.6 Å². The molecule has 0 amide bonds. The summed E-state index contributed by atoms with van der Waals surface area (Å²) in [6.45, 7) is 9.91. The number of likely N-dealkylation sites (tertiary alicyclic amines) is 1. The van der Waals surface area contributed by atoms with Crippen molar-refractivity contribution in [2.75, 3.05) is 19.6 Å². The van der Waals surface area contributed by atoms with Gasteiger partial charge in [-0.25, -0.2) is 4.39 Å². The van der Waals surface area contributed by atoms with Gasteiger partial charge in [-0.2, -0.15) is 0 Å². The Hall–Kier alpha value is -0.900. The minimum absolute atomic E-state index is 0.182. The van der Waals surface area contributed by atoms with E-state index in [1.54, 1.807) is 6.07 Å². The van der Waals surface area contributed by atoms with Gasteiger partial charge in [-0.15, -0.1) is 0 Å². The van der Waals surface area contributed by atoms with E-state index in [4.69, 9.17) is 11.6 Å². The smallest absolute Gasteiger partial charge is 0.142 e. The number of nitrogens with one attached hydrogen (secondary N) is 1. The molecule has 0 aliphatic carbocycles. The number of halogens is 2. The predicted molar refractivity (Wildman–Crippen MR) is 82.5 cm³/mol. The monoisotopic (exact) mass is 296 g/mol. The third-order valence-corrected chi connectivity index (χ3v) is 3.97. The quantitative estimate of drug-likeness (QED) is 0.835. The van der Waals surface area contributed by atoms with Crippen molar-refractivity contribution < 1.29 is 4.39 Å². The number of benzene rings is 1. The van der Waals surface area contributed by atoms with Crippen LogP contribution in [0.25, 0.3) is 0 Å². The average Bonchev–Trinajstić information content (AvgIpc) is 2.41. The summed E-state index contributed by atoms with van der Waals surface area (Å²) in [5.74, 6) is -0.345. The number of hydrogen-bond donors (Lipinski definition) is 1. The molecule has 0 bridgehead atoms. The van der Waals surface area contributed by atoms with Crippen molar-refractivity contribution in [3.63, 3.8) is 0 Å². The molecule has 1 fully saturated rings. The topological polar surface area (TPSA) is 15.3 Å². The van der Waals surface area contributed by atoms with Gasteiger partial charge in [0.2, 0.25) is 0 Å². The Morgan fingerprint density at radius 3 is 2.75 bits per heavy atom. The van der Waals surface area contributed by atoms with Crippen LogP contribution in [0.3, 0.4) is 0 Å². The molecule has 0 saturated carbocycles. The van der Waals surface area contributed by atoms with Crippen LogP contribution in [0.4, 0.5) is 4.39 Å². The van der Waals surface area contributed by atoms with Gasteiger partial charge < -0.3 is 5.32 Å². The van der Waals surface area contributed by atoms with Crippen molar-refractivity contribution in [2.24, 2.45) is 0 Å². The molecule has 1 aliphatic rings. The SMILES string of the molecule is C=C(C)CN1CCC(NCc2ccc(Cl)c(F)c2)CC1. The lowest BCUT2D eigenvalue weighted by Gasteiger charge is -2.32. The summed E-state index contributed by atoms with van der Waals surface area (Å²) in [5, 5.41) is 3.68. The second-order valence-corrected chi connectivity index (χ2v) is 6.04. The van der Waals surface area contributed by atoms with Gasteiger partial charge in [0.25, 0.3) is 0 Å². The highest BCUT2D eigenvalue weighted by molar-refractivity contribution is 6.30. The maximum absolute atomic E-state index is 13.3. The van der Waals surface area contributed by atoms with Crippen LogP contribution < -0.4 is 5.32 Å². The van der Waals surface area contributed by atoms with Crippen LogP contribution in [-0.4, -0.2) is 30.6 Å². The first-order valence-corrected chi connectivity index (χ1v) is 7.46. The van der Waals surface area contributed by atoms with E-state index < -0.39 is 0 Å². The van der Waals surface area contributed by atoms with Gasteiger partial charge in [0.15, 0.2) is 0 Å². The predicted octanol–water partition coefficient (Wildman–Crippen LogP) is 3.61. The summed E-state index contributed by atoms with van der Waals surface area (Å²) in [6.07, 6.45) is 2.26. The number of hydrogen-bond acceptors (Lipinski definition) is 2. The first-order valence-electron chi connectivity index (χ1n) is 7.08. The molecule has 1 saturated heterocycles. The summed E-state index contributed by atoms with van der Waals surface area (Å²) in [4.78, 5) is 2.43. The maximum Gasteiger partial charge on any atom is 0.142 e. The van der Waals surface area contributed by atoms with Crippen LogP contribution in [-0.2, 0) is 6.54 Å². The highest BCUT2D eigenvalue weighted by Gasteiger charge is 2.18. The Balaban J connectivity index is 1.75. The molecule has 1 N–H and O–H groups in total. The van der Waals surface area contributed by atoms with E-state index in [-0.39, 0.29) is 10.8 Å². The minimum atomic E-state index is -0.345. The molecule has 0 atom stereocenters. The molecule has 1 heterocycles. The largest absolute Gasteiger partial charge is 0.310 e. The lowest BCUT2D eigenvalue weighted by Crippen LogP contribution is -2.42. The molecular formula is C16H22ClFN2. The Labute approximate surface area is 125 Å². The molecule has 20 heavy (non-hydrogen) atoms. The highest BCUT2D eigenvalue weighted by Crippen LogP contribution is 2.16. The summed E-state index contributed by atoms with van der Waals surface area (Å²) in [6, 6.07) is 5.50. The maximum atomic E-state index is 13.3. The Morgan fingerprint density at radius 1 is 1.45 bits per heavy atom. The van der Waals surface area contributed by atoms with Crippen molar-refractivity contribution in [3.05, 3.63) is 46.8 Å².